The van der Waals surface area contributed by atoms with Crippen LogP contribution in [0.1, 0.15) is 52.6 Å². The Kier molecular flexibility index (Phi) is 14.6. The Morgan fingerprint density at radius 2 is 1.46 bits per heavy atom. The highest BCUT2D eigenvalue weighted by atomic mass is 35.5. The SMILES string of the molecule is Cc1c(COc2cc(OCc3cncc(C#N)c3)c(CN3CC[C@H](CO)[C@H](O)C3)cc2Cl)cccc1-c1cccc(OCCCN2CC[C@H](CO)[C@H](O)C2)c1C. The van der Waals surface area contributed by atoms with Gasteiger partial charge in [0.15, 0.2) is 0 Å². The molecule has 0 spiro atoms. The summed E-state index contributed by atoms with van der Waals surface area (Å²) >= 11 is 6.87. The highest BCUT2D eigenvalue weighted by Crippen LogP contribution is 2.37. The number of rotatable bonds is 16. The van der Waals surface area contributed by atoms with Crippen molar-refractivity contribution in [1.29, 1.82) is 5.26 Å². The van der Waals surface area contributed by atoms with Crippen molar-refractivity contribution >= 4 is 11.6 Å². The van der Waals surface area contributed by atoms with E-state index in [1.807, 2.05) is 30.3 Å². The van der Waals surface area contributed by atoms with Gasteiger partial charge in [-0.2, -0.15) is 5.26 Å². The Labute approximate surface area is 334 Å². The number of hydrogen-bond acceptors (Lipinski definition) is 11. The van der Waals surface area contributed by atoms with Crippen molar-refractivity contribution in [2.75, 3.05) is 52.5 Å². The molecule has 3 heterocycles. The maximum atomic E-state index is 10.6. The van der Waals surface area contributed by atoms with Crippen molar-refractivity contribution in [2.45, 2.75) is 65.1 Å². The number of piperidine rings is 2. The minimum atomic E-state index is -0.623. The minimum Gasteiger partial charge on any atom is -0.493 e. The zero-order chi connectivity index (χ0) is 39.6. The molecule has 0 bridgehead atoms. The van der Waals surface area contributed by atoms with E-state index in [1.165, 1.54) is 6.20 Å². The van der Waals surface area contributed by atoms with Gasteiger partial charge in [0.2, 0.25) is 0 Å². The molecular formula is C44H53ClN4O7. The topological polar surface area (TPSA) is 152 Å². The summed E-state index contributed by atoms with van der Waals surface area (Å²) in [5.41, 5.74) is 7.33. The number of pyridine rings is 1. The lowest BCUT2D eigenvalue weighted by molar-refractivity contribution is -0.00472. The zero-order valence-electron chi connectivity index (χ0n) is 32.2. The van der Waals surface area contributed by atoms with E-state index in [-0.39, 0.29) is 38.3 Å². The normalized spacial score (nSPS) is 20.4. The molecule has 0 saturated carbocycles. The van der Waals surface area contributed by atoms with Gasteiger partial charge in [-0.05, 0) is 92.2 Å². The first-order valence-electron chi connectivity index (χ1n) is 19.4. The van der Waals surface area contributed by atoms with E-state index in [1.54, 1.807) is 18.3 Å². The van der Waals surface area contributed by atoms with Gasteiger partial charge in [-0.1, -0.05) is 41.9 Å². The number of aliphatic hydroxyl groups excluding tert-OH is 4. The number of benzene rings is 3. The van der Waals surface area contributed by atoms with Crippen LogP contribution < -0.4 is 14.2 Å². The largest absolute Gasteiger partial charge is 0.493 e. The first-order valence-corrected chi connectivity index (χ1v) is 19.8. The lowest BCUT2D eigenvalue weighted by atomic mass is 9.93. The zero-order valence-corrected chi connectivity index (χ0v) is 33.0. The fourth-order valence-corrected chi connectivity index (χ4v) is 7.90. The second-order valence-corrected chi connectivity index (χ2v) is 15.4. The number of nitriles is 1. The molecule has 56 heavy (non-hydrogen) atoms. The predicted molar refractivity (Wildman–Crippen MR) is 215 cm³/mol. The summed E-state index contributed by atoms with van der Waals surface area (Å²) in [4.78, 5) is 8.52. The molecule has 6 rings (SSSR count). The monoisotopic (exact) mass is 784 g/mol. The first kappa shape index (κ1) is 41.4. The van der Waals surface area contributed by atoms with Gasteiger partial charge in [-0.15, -0.1) is 0 Å². The summed E-state index contributed by atoms with van der Waals surface area (Å²) in [5.74, 6) is 1.72. The van der Waals surface area contributed by atoms with Crippen LogP contribution in [-0.4, -0.2) is 100.0 Å². The Hall–Kier alpha value is -4.25. The summed E-state index contributed by atoms with van der Waals surface area (Å²) in [6, 6.07) is 19.8. The van der Waals surface area contributed by atoms with Crippen molar-refractivity contribution in [3.05, 3.63) is 105 Å². The van der Waals surface area contributed by atoms with Crippen molar-refractivity contribution in [3.8, 4) is 34.4 Å². The summed E-state index contributed by atoms with van der Waals surface area (Å²) in [5, 5.41) is 49.7. The van der Waals surface area contributed by atoms with E-state index < -0.39 is 12.2 Å². The number of β-amino-alcohol motifs (C(OH)–C–C–N with tert-alkyl or cyclic N) is 2. The third-order valence-corrected chi connectivity index (χ3v) is 11.5. The Morgan fingerprint density at radius 3 is 2.18 bits per heavy atom. The Bertz CT molecular complexity index is 1970. The molecular weight excluding hydrogens is 732 g/mol. The molecule has 0 unspecified atom stereocenters. The van der Waals surface area contributed by atoms with Crippen LogP contribution in [0, 0.1) is 37.0 Å². The molecule has 0 radical (unpaired) electrons. The van der Waals surface area contributed by atoms with E-state index in [2.05, 4.69) is 46.8 Å². The average Bonchev–Trinajstić information content (AvgIpc) is 3.20. The van der Waals surface area contributed by atoms with Gasteiger partial charge in [0.1, 0.15) is 36.5 Å². The van der Waals surface area contributed by atoms with Crippen LogP contribution in [0.15, 0.2) is 67.0 Å². The summed E-state index contributed by atoms with van der Waals surface area (Å²) in [6.45, 7) is 9.09. The van der Waals surface area contributed by atoms with Crippen molar-refractivity contribution in [1.82, 2.24) is 14.8 Å². The highest BCUT2D eigenvalue weighted by Gasteiger charge is 2.29. The van der Waals surface area contributed by atoms with Gasteiger partial charge >= 0.3 is 0 Å². The first-order chi connectivity index (χ1) is 27.2. The maximum absolute atomic E-state index is 10.6. The van der Waals surface area contributed by atoms with Crippen LogP contribution in [0.5, 0.6) is 17.2 Å². The number of likely N-dealkylation sites (tertiary alicyclic amines) is 2. The summed E-state index contributed by atoms with van der Waals surface area (Å²) in [7, 11) is 0. The maximum Gasteiger partial charge on any atom is 0.142 e. The van der Waals surface area contributed by atoms with Gasteiger partial charge in [0.05, 0.1) is 29.4 Å². The third-order valence-electron chi connectivity index (χ3n) is 11.2. The molecule has 11 nitrogen and oxygen atoms in total. The highest BCUT2D eigenvalue weighted by molar-refractivity contribution is 6.32. The molecule has 1 aromatic heterocycles. The summed E-state index contributed by atoms with van der Waals surface area (Å²) < 4.78 is 19.0. The quantitative estimate of drug-likeness (QED) is 0.104. The molecule has 298 valence electrons. The molecule has 3 aromatic carbocycles. The van der Waals surface area contributed by atoms with Crippen LogP contribution in [-0.2, 0) is 19.8 Å². The van der Waals surface area contributed by atoms with E-state index in [9.17, 15) is 25.7 Å². The predicted octanol–water partition coefficient (Wildman–Crippen LogP) is 5.67. The van der Waals surface area contributed by atoms with E-state index in [0.29, 0.717) is 61.3 Å². The second-order valence-electron chi connectivity index (χ2n) is 15.0. The lowest BCUT2D eigenvalue weighted by Gasteiger charge is -2.35. The van der Waals surface area contributed by atoms with E-state index >= 15 is 0 Å². The van der Waals surface area contributed by atoms with Crippen LogP contribution in [0.25, 0.3) is 11.1 Å². The van der Waals surface area contributed by atoms with Gasteiger partial charge in [0, 0.05) is 80.8 Å². The Balaban J connectivity index is 1.14. The second kappa shape index (κ2) is 19.7. The minimum absolute atomic E-state index is 0.0304. The number of hydrogen-bond donors (Lipinski definition) is 4. The number of aromatic nitrogens is 1. The van der Waals surface area contributed by atoms with Crippen LogP contribution in [0.3, 0.4) is 0 Å². The van der Waals surface area contributed by atoms with Crippen molar-refractivity contribution in [3.63, 3.8) is 0 Å². The molecule has 4 aromatic rings. The molecule has 0 amide bonds. The fraction of sp³-hybridized carbons (Fsp3) is 0.455. The third kappa shape index (κ3) is 10.4. The smallest absolute Gasteiger partial charge is 0.142 e. The van der Waals surface area contributed by atoms with E-state index in [0.717, 1.165) is 70.6 Å². The number of aliphatic hydroxyl groups is 4. The fourth-order valence-electron chi connectivity index (χ4n) is 7.66. The van der Waals surface area contributed by atoms with Crippen molar-refractivity contribution in [2.24, 2.45) is 11.8 Å². The summed E-state index contributed by atoms with van der Waals surface area (Å²) in [6.07, 6.45) is 4.38. The standard InChI is InChI=1S/C44H53ClN4O7/c1-29-35(6-3-7-37(29)38-8-4-9-42(30(38)2)54-15-5-12-48-13-10-33(25-50)40(52)23-48)28-56-44-18-43(55-27-32-16-31(19-46)20-47-21-32)36(17-39(44)45)22-49-14-11-34(26-51)41(53)24-49/h3-4,6-9,16-18,20-21,33-34,40-41,50-53H,5,10-15,22-28H2,1-2H3/t33-,34-,40-,41-/m1/s1. The van der Waals surface area contributed by atoms with Crippen LogP contribution in [0.2, 0.25) is 5.02 Å². The Morgan fingerprint density at radius 1 is 0.786 bits per heavy atom. The number of nitrogens with zero attached hydrogens (tertiary/aromatic N) is 4. The van der Waals surface area contributed by atoms with Crippen LogP contribution in [0.4, 0.5) is 0 Å². The molecule has 2 saturated heterocycles. The molecule has 12 heteroatoms. The lowest BCUT2D eigenvalue weighted by Crippen LogP contribution is -2.45. The van der Waals surface area contributed by atoms with Gasteiger partial charge in [0.25, 0.3) is 0 Å². The molecule has 4 N–H and O–H groups in total. The number of ether oxygens (including phenoxy) is 3. The van der Waals surface area contributed by atoms with Gasteiger partial charge in [-0.25, -0.2) is 0 Å². The number of halogens is 1. The van der Waals surface area contributed by atoms with Crippen molar-refractivity contribution < 1.29 is 34.6 Å². The molecule has 2 aliphatic heterocycles. The molecule has 2 fully saturated rings. The molecule has 2 aliphatic rings. The van der Waals surface area contributed by atoms with Gasteiger partial charge in [-0.3, -0.25) is 9.88 Å². The van der Waals surface area contributed by atoms with Crippen LogP contribution >= 0.6 is 11.6 Å². The molecule has 0 aliphatic carbocycles. The van der Waals surface area contributed by atoms with Gasteiger partial charge < -0.3 is 39.5 Å². The molecule has 4 atom stereocenters. The van der Waals surface area contributed by atoms with E-state index in [4.69, 9.17) is 25.8 Å². The average molecular weight is 785 g/mol.